The minimum atomic E-state index is 0.295. The molecular formula is C20H26N2O3. The van der Waals surface area contributed by atoms with Crippen molar-refractivity contribution in [1.82, 2.24) is 9.88 Å². The topological polar surface area (TPSA) is 43.8 Å². The number of pyridine rings is 1. The van der Waals surface area contributed by atoms with E-state index >= 15 is 0 Å². The molecule has 2 atom stereocenters. The summed E-state index contributed by atoms with van der Waals surface area (Å²) in [5.74, 6) is 0.880. The van der Waals surface area contributed by atoms with Crippen LogP contribution in [0.25, 0.3) is 0 Å². The van der Waals surface area contributed by atoms with E-state index < -0.39 is 0 Å². The summed E-state index contributed by atoms with van der Waals surface area (Å²) in [6.45, 7) is 3.15. The summed E-state index contributed by atoms with van der Waals surface area (Å²) in [6.07, 6.45) is 4.88. The second kappa shape index (κ2) is 8.94. The molecule has 1 aliphatic rings. The van der Waals surface area contributed by atoms with E-state index in [4.69, 9.17) is 14.2 Å². The van der Waals surface area contributed by atoms with Gasteiger partial charge in [-0.3, -0.25) is 9.88 Å². The van der Waals surface area contributed by atoms with Gasteiger partial charge in [-0.2, -0.15) is 0 Å². The first-order valence-corrected chi connectivity index (χ1v) is 8.65. The molecule has 0 aliphatic carbocycles. The summed E-state index contributed by atoms with van der Waals surface area (Å²) >= 11 is 0. The van der Waals surface area contributed by atoms with Crippen LogP contribution in [0.1, 0.15) is 17.5 Å². The van der Waals surface area contributed by atoms with Gasteiger partial charge in [-0.1, -0.05) is 12.1 Å². The molecule has 1 fully saturated rings. The normalized spacial score (nSPS) is 20.7. The highest BCUT2D eigenvalue weighted by Crippen LogP contribution is 2.23. The van der Waals surface area contributed by atoms with Crippen LogP contribution in [0.2, 0.25) is 0 Å². The van der Waals surface area contributed by atoms with Gasteiger partial charge in [-0.15, -0.1) is 0 Å². The lowest BCUT2D eigenvalue weighted by atomic mass is 10.2. The standard InChI is InChI=1S/C20H26N2O3/c1-23-15-18-11-20(24-2)13-22(18)12-16-3-5-19(6-4-16)25-14-17-7-9-21-10-8-17/h3-10,18,20H,11-15H2,1-2H3/t18-,20+/m0/s1. The molecule has 3 rings (SSSR count). The van der Waals surface area contributed by atoms with Gasteiger partial charge in [0, 0.05) is 45.7 Å². The second-order valence-corrected chi connectivity index (χ2v) is 6.42. The molecule has 0 unspecified atom stereocenters. The van der Waals surface area contributed by atoms with Crippen LogP contribution >= 0.6 is 0 Å². The fourth-order valence-corrected chi connectivity index (χ4v) is 3.24. The molecule has 1 aliphatic heterocycles. The third kappa shape index (κ3) is 5.01. The fraction of sp³-hybridized carbons (Fsp3) is 0.450. The number of methoxy groups -OCH3 is 2. The zero-order valence-corrected chi connectivity index (χ0v) is 14.9. The van der Waals surface area contributed by atoms with Gasteiger partial charge in [0.1, 0.15) is 12.4 Å². The highest BCUT2D eigenvalue weighted by atomic mass is 16.5. The number of rotatable bonds is 8. The third-order valence-corrected chi connectivity index (χ3v) is 4.65. The third-order valence-electron chi connectivity index (χ3n) is 4.65. The van der Waals surface area contributed by atoms with Gasteiger partial charge in [0.25, 0.3) is 0 Å². The Morgan fingerprint density at radius 3 is 2.48 bits per heavy atom. The first kappa shape index (κ1) is 17.9. The highest BCUT2D eigenvalue weighted by molar-refractivity contribution is 5.27. The van der Waals surface area contributed by atoms with Gasteiger partial charge in [0.15, 0.2) is 0 Å². The molecule has 1 aromatic carbocycles. The summed E-state index contributed by atoms with van der Waals surface area (Å²) in [5.41, 5.74) is 2.39. The van der Waals surface area contributed by atoms with Gasteiger partial charge >= 0.3 is 0 Å². The van der Waals surface area contributed by atoms with Gasteiger partial charge < -0.3 is 14.2 Å². The van der Waals surface area contributed by atoms with Gasteiger partial charge in [-0.25, -0.2) is 0 Å². The Balaban J connectivity index is 1.55. The summed E-state index contributed by atoms with van der Waals surface area (Å²) in [4.78, 5) is 6.45. The minimum absolute atomic E-state index is 0.295. The van der Waals surface area contributed by atoms with Crippen molar-refractivity contribution in [2.45, 2.75) is 31.7 Å². The molecule has 2 aromatic rings. The van der Waals surface area contributed by atoms with Gasteiger partial charge in [0.05, 0.1) is 12.7 Å². The number of aromatic nitrogens is 1. The van der Waals surface area contributed by atoms with Gasteiger partial charge in [0.2, 0.25) is 0 Å². The smallest absolute Gasteiger partial charge is 0.119 e. The molecule has 1 saturated heterocycles. The molecule has 5 nitrogen and oxygen atoms in total. The Labute approximate surface area is 149 Å². The highest BCUT2D eigenvalue weighted by Gasteiger charge is 2.31. The zero-order valence-electron chi connectivity index (χ0n) is 14.9. The molecule has 5 heteroatoms. The number of hydrogen-bond acceptors (Lipinski definition) is 5. The maximum Gasteiger partial charge on any atom is 0.119 e. The van der Waals surface area contributed by atoms with Crippen LogP contribution in [0.15, 0.2) is 48.8 Å². The van der Waals surface area contributed by atoms with Crippen LogP contribution in [-0.2, 0) is 22.6 Å². The number of ether oxygens (including phenoxy) is 3. The van der Waals surface area contributed by atoms with E-state index in [2.05, 4.69) is 22.0 Å². The van der Waals surface area contributed by atoms with Crippen molar-refractivity contribution < 1.29 is 14.2 Å². The van der Waals surface area contributed by atoms with E-state index in [1.165, 1.54) is 5.56 Å². The summed E-state index contributed by atoms with van der Waals surface area (Å²) in [6, 6.07) is 12.7. The Morgan fingerprint density at radius 1 is 1.04 bits per heavy atom. The summed E-state index contributed by atoms with van der Waals surface area (Å²) in [5, 5.41) is 0. The predicted octanol–water partition coefficient (Wildman–Crippen LogP) is 2.90. The first-order valence-electron chi connectivity index (χ1n) is 8.65. The van der Waals surface area contributed by atoms with Crippen molar-refractivity contribution in [2.24, 2.45) is 0 Å². The maximum absolute atomic E-state index is 5.83. The number of benzene rings is 1. The van der Waals surface area contributed by atoms with Crippen molar-refractivity contribution in [3.63, 3.8) is 0 Å². The van der Waals surface area contributed by atoms with Crippen molar-refractivity contribution in [3.05, 3.63) is 59.9 Å². The number of hydrogen-bond donors (Lipinski definition) is 0. The van der Waals surface area contributed by atoms with Crippen LogP contribution in [0.4, 0.5) is 0 Å². The van der Waals surface area contributed by atoms with E-state index in [-0.39, 0.29) is 0 Å². The zero-order chi connectivity index (χ0) is 17.5. The number of nitrogens with zero attached hydrogens (tertiary/aromatic N) is 2. The number of likely N-dealkylation sites (tertiary alicyclic amines) is 1. The van der Waals surface area contributed by atoms with Gasteiger partial charge in [-0.05, 0) is 41.8 Å². The van der Waals surface area contributed by atoms with Crippen LogP contribution in [0.5, 0.6) is 5.75 Å². The van der Waals surface area contributed by atoms with E-state index in [0.717, 1.165) is 37.4 Å². The van der Waals surface area contributed by atoms with E-state index in [9.17, 15) is 0 Å². The Hall–Kier alpha value is -1.95. The lowest BCUT2D eigenvalue weighted by Crippen LogP contribution is -2.32. The molecule has 2 heterocycles. The Morgan fingerprint density at radius 2 is 1.80 bits per heavy atom. The SMILES string of the molecule is COC[C@@H]1C[C@@H](OC)CN1Cc1ccc(OCc2ccncc2)cc1. The maximum atomic E-state index is 5.83. The predicted molar refractivity (Wildman–Crippen MR) is 96.5 cm³/mol. The molecule has 0 amide bonds. The Kier molecular flexibility index (Phi) is 6.39. The lowest BCUT2D eigenvalue weighted by molar-refractivity contribution is 0.106. The van der Waals surface area contributed by atoms with Crippen molar-refractivity contribution >= 4 is 0 Å². The molecule has 0 N–H and O–H groups in total. The largest absolute Gasteiger partial charge is 0.489 e. The van der Waals surface area contributed by atoms with E-state index in [1.807, 2.05) is 24.3 Å². The molecule has 0 spiro atoms. The average Bonchev–Trinajstić information content (AvgIpc) is 3.04. The second-order valence-electron chi connectivity index (χ2n) is 6.42. The monoisotopic (exact) mass is 342 g/mol. The first-order chi connectivity index (χ1) is 12.3. The average molecular weight is 342 g/mol. The van der Waals surface area contributed by atoms with E-state index in [1.54, 1.807) is 26.6 Å². The molecule has 0 radical (unpaired) electrons. The van der Waals surface area contributed by atoms with Crippen molar-refractivity contribution in [1.29, 1.82) is 0 Å². The van der Waals surface area contributed by atoms with Crippen molar-refractivity contribution in [3.8, 4) is 5.75 Å². The summed E-state index contributed by atoms with van der Waals surface area (Å²) in [7, 11) is 3.54. The van der Waals surface area contributed by atoms with E-state index in [0.29, 0.717) is 18.8 Å². The van der Waals surface area contributed by atoms with Crippen LogP contribution in [0, 0.1) is 0 Å². The molecule has 0 saturated carbocycles. The van der Waals surface area contributed by atoms with Crippen molar-refractivity contribution in [2.75, 3.05) is 27.4 Å². The van der Waals surface area contributed by atoms with Crippen LogP contribution in [0.3, 0.4) is 0 Å². The quantitative estimate of drug-likeness (QED) is 0.738. The molecular weight excluding hydrogens is 316 g/mol. The lowest BCUT2D eigenvalue weighted by Gasteiger charge is -2.23. The summed E-state index contributed by atoms with van der Waals surface area (Å²) < 4.78 is 16.7. The Bertz CT molecular complexity index is 633. The van der Waals surface area contributed by atoms with Crippen LogP contribution < -0.4 is 4.74 Å². The molecule has 0 bridgehead atoms. The van der Waals surface area contributed by atoms with Crippen LogP contribution in [-0.4, -0.2) is 49.4 Å². The molecule has 1 aromatic heterocycles. The fourth-order valence-electron chi connectivity index (χ4n) is 3.24. The minimum Gasteiger partial charge on any atom is -0.489 e. The molecule has 134 valence electrons. The molecule has 25 heavy (non-hydrogen) atoms.